The fourth-order valence-electron chi connectivity index (χ4n) is 3.02. The lowest BCUT2D eigenvalue weighted by Crippen LogP contribution is -2.59. The molecule has 0 atom stereocenters. The number of hydrogen-bond donors (Lipinski definition) is 2. The number of nitrogens with one attached hydrogen (secondary N) is 1. The van der Waals surface area contributed by atoms with Crippen molar-refractivity contribution in [3.63, 3.8) is 0 Å². The summed E-state index contributed by atoms with van der Waals surface area (Å²) in [6, 6.07) is 7.36. The van der Waals surface area contributed by atoms with Gasteiger partial charge in [-0.25, -0.2) is 0 Å². The van der Waals surface area contributed by atoms with Crippen LogP contribution in [0.5, 0.6) is 0 Å². The molecule has 1 aromatic carbocycles. The van der Waals surface area contributed by atoms with Crippen molar-refractivity contribution in [2.45, 2.75) is 19.3 Å². The molecule has 20 heavy (non-hydrogen) atoms. The third-order valence-corrected chi connectivity index (χ3v) is 4.36. The highest BCUT2D eigenvalue weighted by atomic mass is 16.4. The number of carboxylic acids is 1. The molecule has 1 spiro atoms. The first-order valence-electron chi connectivity index (χ1n) is 6.93. The Bertz CT molecular complexity index is 527. The molecule has 2 fully saturated rings. The quantitative estimate of drug-likeness (QED) is 0.872. The number of carboxylic acid groups (broad SMARTS) is 1. The lowest BCUT2D eigenvalue weighted by molar-refractivity contribution is -0.135. The maximum atomic E-state index is 11.7. The topological polar surface area (TPSA) is 69.6 Å². The molecule has 1 saturated heterocycles. The van der Waals surface area contributed by atoms with E-state index in [1.54, 1.807) is 12.1 Å². The van der Waals surface area contributed by atoms with Crippen LogP contribution in [0.3, 0.4) is 0 Å². The number of anilines is 1. The Labute approximate surface area is 117 Å². The van der Waals surface area contributed by atoms with Crippen molar-refractivity contribution in [2.75, 3.05) is 24.5 Å². The Morgan fingerprint density at radius 2 is 1.85 bits per heavy atom. The van der Waals surface area contributed by atoms with Crippen molar-refractivity contribution in [3.05, 3.63) is 29.8 Å². The second kappa shape index (κ2) is 4.81. The van der Waals surface area contributed by atoms with E-state index >= 15 is 0 Å². The van der Waals surface area contributed by atoms with Crippen molar-refractivity contribution >= 4 is 17.6 Å². The average Bonchev–Trinajstić information content (AvgIpc) is 2.33. The Kier molecular flexibility index (Phi) is 3.12. The third-order valence-electron chi connectivity index (χ3n) is 4.36. The standard InChI is InChI=1S/C15H18N2O3/c18-13(19)8-16-14(20)11-2-4-12(5-3-11)17-9-15(10-17)6-1-7-15/h2-5H,1,6-10H2,(H,16,20)(H,18,19). The van der Waals surface area contributed by atoms with Gasteiger partial charge in [0.15, 0.2) is 0 Å². The van der Waals surface area contributed by atoms with E-state index in [1.165, 1.54) is 19.3 Å². The van der Waals surface area contributed by atoms with Crippen molar-refractivity contribution in [1.82, 2.24) is 5.32 Å². The number of hydrogen-bond acceptors (Lipinski definition) is 3. The second-order valence-corrected chi connectivity index (χ2v) is 5.83. The van der Waals surface area contributed by atoms with Crippen molar-refractivity contribution in [3.8, 4) is 0 Å². The molecule has 1 aliphatic heterocycles. The maximum absolute atomic E-state index is 11.7. The van der Waals surface area contributed by atoms with Crippen molar-refractivity contribution < 1.29 is 14.7 Å². The van der Waals surface area contributed by atoms with Crippen LogP contribution in [-0.4, -0.2) is 36.6 Å². The number of carbonyl (C=O) groups excluding carboxylic acids is 1. The minimum absolute atomic E-state index is 0.349. The molecule has 1 aromatic rings. The Balaban J connectivity index is 1.57. The highest BCUT2D eigenvalue weighted by molar-refractivity contribution is 5.96. The molecule has 3 rings (SSSR count). The lowest BCUT2D eigenvalue weighted by atomic mass is 9.63. The molecule has 1 amide bonds. The molecular formula is C15H18N2O3. The Morgan fingerprint density at radius 3 is 2.35 bits per heavy atom. The van der Waals surface area contributed by atoms with Gasteiger partial charge in [-0.15, -0.1) is 0 Å². The van der Waals surface area contributed by atoms with Gasteiger partial charge in [0, 0.05) is 29.8 Å². The van der Waals surface area contributed by atoms with Gasteiger partial charge in [0.1, 0.15) is 6.54 Å². The van der Waals surface area contributed by atoms with Crippen LogP contribution in [0.15, 0.2) is 24.3 Å². The Hall–Kier alpha value is -2.04. The SMILES string of the molecule is O=C(O)CNC(=O)c1ccc(N2CC3(CCC3)C2)cc1. The van der Waals surface area contributed by atoms with Gasteiger partial charge < -0.3 is 15.3 Å². The molecule has 1 saturated carbocycles. The van der Waals surface area contributed by atoms with Gasteiger partial charge in [0.05, 0.1) is 0 Å². The molecular weight excluding hydrogens is 256 g/mol. The molecule has 5 heteroatoms. The zero-order valence-electron chi connectivity index (χ0n) is 11.3. The molecule has 0 radical (unpaired) electrons. The van der Waals surface area contributed by atoms with E-state index in [0.29, 0.717) is 11.0 Å². The number of carbonyl (C=O) groups is 2. The fraction of sp³-hybridized carbons (Fsp3) is 0.467. The summed E-state index contributed by atoms with van der Waals surface area (Å²) in [4.78, 5) is 24.4. The first-order valence-corrected chi connectivity index (χ1v) is 6.93. The van der Waals surface area contributed by atoms with E-state index in [9.17, 15) is 9.59 Å². The smallest absolute Gasteiger partial charge is 0.322 e. The number of amides is 1. The monoisotopic (exact) mass is 274 g/mol. The molecule has 0 aromatic heterocycles. The van der Waals surface area contributed by atoms with E-state index in [1.807, 2.05) is 12.1 Å². The van der Waals surface area contributed by atoms with Crippen molar-refractivity contribution in [2.24, 2.45) is 5.41 Å². The summed E-state index contributed by atoms with van der Waals surface area (Å²) in [5.74, 6) is -1.39. The van der Waals surface area contributed by atoms with E-state index in [0.717, 1.165) is 18.8 Å². The molecule has 1 aliphatic carbocycles. The summed E-state index contributed by atoms with van der Waals surface area (Å²) >= 11 is 0. The third kappa shape index (κ3) is 2.35. The van der Waals surface area contributed by atoms with Crippen LogP contribution in [0.25, 0.3) is 0 Å². The largest absolute Gasteiger partial charge is 0.480 e. The minimum atomic E-state index is -1.04. The fourth-order valence-corrected chi connectivity index (χ4v) is 3.02. The number of rotatable bonds is 4. The molecule has 0 unspecified atom stereocenters. The highest BCUT2D eigenvalue weighted by Crippen LogP contribution is 2.49. The van der Waals surface area contributed by atoms with Crippen LogP contribution in [0.1, 0.15) is 29.6 Å². The molecule has 5 nitrogen and oxygen atoms in total. The number of benzene rings is 1. The summed E-state index contributed by atoms with van der Waals surface area (Å²) in [6.45, 7) is 1.89. The van der Waals surface area contributed by atoms with Crippen LogP contribution < -0.4 is 10.2 Å². The van der Waals surface area contributed by atoms with E-state index in [4.69, 9.17) is 5.11 Å². The van der Waals surface area contributed by atoms with Gasteiger partial charge in [0.25, 0.3) is 5.91 Å². The molecule has 106 valence electrons. The normalized spacial score (nSPS) is 19.1. The van der Waals surface area contributed by atoms with Crippen LogP contribution >= 0.6 is 0 Å². The predicted molar refractivity (Wildman–Crippen MR) is 74.9 cm³/mol. The van der Waals surface area contributed by atoms with Crippen LogP contribution in [0.2, 0.25) is 0 Å². The summed E-state index contributed by atoms with van der Waals surface area (Å²) in [5.41, 5.74) is 2.21. The van der Waals surface area contributed by atoms with Gasteiger partial charge in [0.2, 0.25) is 0 Å². The first-order chi connectivity index (χ1) is 9.58. The van der Waals surface area contributed by atoms with Crippen molar-refractivity contribution in [1.29, 1.82) is 0 Å². The second-order valence-electron chi connectivity index (χ2n) is 5.83. The van der Waals surface area contributed by atoms with Gasteiger partial charge in [-0.2, -0.15) is 0 Å². The zero-order valence-corrected chi connectivity index (χ0v) is 11.3. The van der Waals surface area contributed by atoms with E-state index in [2.05, 4.69) is 10.2 Å². The van der Waals surface area contributed by atoms with Gasteiger partial charge in [-0.3, -0.25) is 9.59 Å². The van der Waals surface area contributed by atoms with Crippen LogP contribution in [0.4, 0.5) is 5.69 Å². The van der Waals surface area contributed by atoms with E-state index < -0.39 is 5.97 Å². The maximum Gasteiger partial charge on any atom is 0.322 e. The summed E-state index contributed by atoms with van der Waals surface area (Å²) < 4.78 is 0. The average molecular weight is 274 g/mol. The Morgan fingerprint density at radius 1 is 1.20 bits per heavy atom. The highest BCUT2D eigenvalue weighted by Gasteiger charge is 2.47. The van der Waals surface area contributed by atoms with Gasteiger partial charge in [-0.05, 0) is 37.1 Å². The number of nitrogens with zero attached hydrogens (tertiary/aromatic N) is 1. The van der Waals surface area contributed by atoms with E-state index in [-0.39, 0.29) is 12.5 Å². The first kappa shape index (κ1) is 13.0. The zero-order chi connectivity index (χ0) is 14.2. The van der Waals surface area contributed by atoms with Gasteiger partial charge >= 0.3 is 5.97 Å². The summed E-state index contributed by atoms with van der Waals surface area (Å²) in [6.07, 6.45) is 4.05. The summed E-state index contributed by atoms with van der Waals surface area (Å²) in [5, 5.41) is 10.9. The molecule has 2 N–H and O–H groups in total. The summed E-state index contributed by atoms with van der Waals surface area (Å²) in [7, 11) is 0. The predicted octanol–water partition coefficient (Wildman–Crippen LogP) is 1.49. The molecule has 2 aliphatic rings. The van der Waals surface area contributed by atoms with Crippen LogP contribution in [0, 0.1) is 5.41 Å². The molecule has 1 heterocycles. The van der Waals surface area contributed by atoms with Crippen LogP contribution in [-0.2, 0) is 4.79 Å². The lowest BCUT2D eigenvalue weighted by Gasteiger charge is -2.57. The minimum Gasteiger partial charge on any atom is -0.480 e. The number of aliphatic carboxylic acids is 1. The van der Waals surface area contributed by atoms with Gasteiger partial charge in [-0.1, -0.05) is 6.42 Å². The molecule has 0 bridgehead atoms.